The van der Waals surface area contributed by atoms with Crippen LogP contribution in [-0.4, -0.2) is 34.6 Å². The second-order valence-electron chi connectivity index (χ2n) is 8.18. The number of amides is 1. The van der Waals surface area contributed by atoms with E-state index in [9.17, 15) is 4.79 Å². The molecule has 34 heavy (non-hydrogen) atoms. The summed E-state index contributed by atoms with van der Waals surface area (Å²) >= 11 is 6.23. The van der Waals surface area contributed by atoms with E-state index in [-0.39, 0.29) is 12.5 Å². The Morgan fingerprint density at radius 1 is 1.09 bits per heavy atom. The fraction of sp³-hybridized carbons (Fsp3) is 0.269. The molecule has 7 nitrogen and oxygen atoms in total. The highest BCUT2D eigenvalue weighted by molar-refractivity contribution is 6.32. The van der Waals surface area contributed by atoms with Crippen LogP contribution >= 0.6 is 11.6 Å². The SMILES string of the molecule is CC[C@@H](C)c1ccc(OCC(=O)Nc2cc3nn(-c4ccc(OC)c(Cl)c4)nc3cc2C)cc1. The van der Waals surface area contributed by atoms with Crippen LogP contribution in [0.4, 0.5) is 5.69 Å². The number of rotatable bonds is 8. The topological polar surface area (TPSA) is 78.3 Å². The third-order valence-corrected chi connectivity index (χ3v) is 6.09. The number of carbonyl (C=O) groups excluding carboxylic acids is 1. The first-order valence-corrected chi connectivity index (χ1v) is 11.5. The molecule has 4 rings (SSSR count). The summed E-state index contributed by atoms with van der Waals surface area (Å²) in [6.45, 7) is 6.17. The predicted octanol–water partition coefficient (Wildman–Crippen LogP) is 5.92. The van der Waals surface area contributed by atoms with Crippen molar-refractivity contribution in [3.8, 4) is 17.2 Å². The number of aromatic nitrogens is 3. The molecule has 1 amide bonds. The van der Waals surface area contributed by atoms with Crippen LogP contribution in [0, 0.1) is 6.92 Å². The molecule has 3 aromatic carbocycles. The number of halogens is 1. The summed E-state index contributed by atoms with van der Waals surface area (Å²) < 4.78 is 10.9. The van der Waals surface area contributed by atoms with Gasteiger partial charge >= 0.3 is 0 Å². The molecule has 0 unspecified atom stereocenters. The molecular formula is C26H27ClN4O3. The quantitative estimate of drug-likeness (QED) is 0.340. The predicted molar refractivity (Wildman–Crippen MR) is 134 cm³/mol. The summed E-state index contributed by atoms with van der Waals surface area (Å²) in [5, 5.41) is 12.4. The molecule has 0 saturated heterocycles. The monoisotopic (exact) mass is 478 g/mol. The van der Waals surface area contributed by atoms with Gasteiger partial charge in [-0.2, -0.15) is 4.80 Å². The Kier molecular flexibility index (Phi) is 7.03. The summed E-state index contributed by atoms with van der Waals surface area (Å²) in [5.74, 6) is 1.49. The molecule has 0 radical (unpaired) electrons. The highest BCUT2D eigenvalue weighted by atomic mass is 35.5. The summed E-state index contributed by atoms with van der Waals surface area (Å²) in [6, 6.07) is 16.9. The van der Waals surface area contributed by atoms with Gasteiger partial charge in [0.1, 0.15) is 22.5 Å². The molecule has 176 valence electrons. The average molecular weight is 479 g/mol. The summed E-state index contributed by atoms with van der Waals surface area (Å²) in [4.78, 5) is 14.0. The normalized spacial score (nSPS) is 11.9. The van der Waals surface area contributed by atoms with Crippen LogP contribution in [0.3, 0.4) is 0 Å². The van der Waals surface area contributed by atoms with Gasteiger partial charge in [-0.1, -0.05) is 37.6 Å². The lowest BCUT2D eigenvalue weighted by atomic mass is 9.99. The molecule has 0 spiro atoms. The van der Waals surface area contributed by atoms with Crippen molar-refractivity contribution in [3.63, 3.8) is 0 Å². The fourth-order valence-electron chi connectivity index (χ4n) is 3.56. The summed E-state index contributed by atoms with van der Waals surface area (Å²) in [5.41, 5.74) is 4.85. The van der Waals surface area contributed by atoms with Gasteiger partial charge in [0.05, 0.1) is 17.8 Å². The minimum atomic E-state index is -0.247. The number of ether oxygens (including phenoxy) is 2. The average Bonchev–Trinajstić information content (AvgIpc) is 3.25. The van der Waals surface area contributed by atoms with Crippen molar-refractivity contribution in [2.24, 2.45) is 0 Å². The summed E-state index contributed by atoms with van der Waals surface area (Å²) in [6.07, 6.45) is 1.08. The Morgan fingerprint density at radius 2 is 1.79 bits per heavy atom. The Bertz CT molecular complexity index is 1320. The van der Waals surface area contributed by atoms with Gasteiger partial charge in [0.15, 0.2) is 6.61 Å². The number of hydrogen-bond acceptors (Lipinski definition) is 5. The molecule has 0 saturated carbocycles. The van der Waals surface area contributed by atoms with Crippen molar-refractivity contribution in [1.29, 1.82) is 0 Å². The first-order valence-electron chi connectivity index (χ1n) is 11.1. The van der Waals surface area contributed by atoms with Gasteiger partial charge in [-0.3, -0.25) is 4.79 Å². The first-order chi connectivity index (χ1) is 16.4. The van der Waals surface area contributed by atoms with Crippen LogP contribution in [0.25, 0.3) is 16.7 Å². The maximum atomic E-state index is 12.5. The van der Waals surface area contributed by atoms with Gasteiger partial charge in [0.25, 0.3) is 5.91 Å². The number of methoxy groups -OCH3 is 1. The lowest BCUT2D eigenvalue weighted by Crippen LogP contribution is -2.20. The molecule has 1 N–H and O–H groups in total. The van der Waals surface area contributed by atoms with E-state index in [1.54, 1.807) is 25.3 Å². The Balaban J connectivity index is 1.45. The van der Waals surface area contributed by atoms with Crippen molar-refractivity contribution in [2.45, 2.75) is 33.1 Å². The molecule has 0 aliphatic carbocycles. The molecule has 0 aliphatic heterocycles. The van der Waals surface area contributed by atoms with E-state index in [1.807, 2.05) is 43.3 Å². The highest BCUT2D eigenvalue weighted by Gasteiger charge is 2.12. The largest absolute Gasteiger partial charge is 0.495 e. The van der Waals surface area contributed by atoms with Gasteiger partial charge in [-0.15, -0.1) is 10.2 Å². The van der Waals surface area contributed by atoms with Crippen molar-refractivity contribution in [3.05, 3.63) is 70.7 Å². The Morgan fingerprint density at radius 3 is 2.44 bits per heavy atom. The van der Waals surface area contributed by atoms with Crippen LogP contribution in [0.2, 0.25) is 5.02 Å². The lowest BCUT2D eigenvalue weighted by Gasteiger charge is -2.11. The van der Waals surface area contributed by atoms with E-state index < -0.39 is 0 Å². The van der Waals surface area contributed by atoms with Gasteiger partial charge in [0, 0.05) is 5.69 Å². The number of nitrogens with zero attached hydrogens (tertiary/aromatic N) is 3. The number of nitrogens with one attached hydrogen (secondary N) is 1. The third-order valence-electron chi connectivity index (χ3n) is 5.80. The number of benzene rings is 3. The second kappa shape index (κ2) is 10.1. The molecule has 4 aromatic rings. The third kappa shape index (κ3) is 5.15. The zero-order valence-corrected chi connectivity index (χ0v) is 20.4. The minimum absolute atomic E-state index is 0.0861. The lowest BCUT2D eigenvalue weighted by molar-refractivity contribution is -0.118. The van der Waals surface area contributed by atoms with Crippen LogP contribution in [-0.2, 0) is 4.79 Å². The molecule has 0 aliphatic rings. The van der Waals surface area contributed by atoms with Gasteiger partial charge in [-0.05, 0) is 72.9 Å². The van der Waals surface area contributed by atoms with Crippen LogP contribution < -0.4 is 14.8 Å². The van der Waals surface area contributed by atoms with E-state index in [0.29, 0.717) is 44.8 Å². The highest BCUT2D eigenvalue weighted by Crippen LogP contribution is 2.27. The Labute approximate surface area is 203 Å². The van der Waals surface area contributed by atoms with Gasteiger partial charge in [-0.25, -0.2) is 0 Å². The molecular weight excluding hydrogens is 452 g/mol. The van der Waals surface area contributed by atoms with Crippen molar-refractivity contribution in [1.82, 2.24) is 15.0 Å². The molecule has 0 bridgehead atoms. The molecule has 1 atom stereocenters. The van der Waals surface area contributed by atoms with Crippen LogP contribution in [0.1, 0.15) is 37.3 Å². The van der Waals surface area contributed by atoms with E-state index in [1.165, 1.54) is 10.4 Å². The van der Waals surface area contributed by atoms with Crippen LogP contribution in [0.5, 0.6) is 11.5 Å². The zero-order chi connectivity index (χ0) is 24.2. The number of fused-ring (bicyclic) bond motifs is 1. The van der Waals surface area contributed by atoms with Gasteiger partial charge in [0.2, 0.25) is 0 Å². The number of anilines is 1. The van der Waals surface area contributed by atoms with Crippen molar-refractivity contribution < 1.29 is 14.3 Å². The van der Waals surface area contributed by atoms with Gasteiger partial charge < -0.3 is 14.8 Å². The van der Waals surface area contributed by atoms with E-state index >= 15 is 0 Å². The second-order valence-corrected chi connectivity index (χ2v) is 8.59. The van der Waals surface area contributed by atoms with Crippen molar-refractivity contribution in [2.75, 3.05) is 19.0 Å². The smallest absolute Gasteiger partial charge is 0.262 e. The Hall–Kier alpha value is -3.58. The maximum absolute atomic E-state index is 12.5. The minimum Gasteiger partial charge on any atom is -0.495 e. The standard InChI is InChI=1S/C26H27ClN4O3/c1-5-16(2)18-6-9-20(10-7-18)34-15-26(32)28-22-14-24-23(12-17(22)3)29-31(30-24)19-8-11-25(33-4)21(27)13-19/h6-14,16H,5,15H2,1-4H3,(H,28,32)/t16-/m1/s1. The number of carbonyl (C=O) groups is 1. The molecule has 1 heterocycles. The molecule has 8 heteroatoms. The maximum Gasteiger partial charge on any atom is 0.262 e. The first kappa shape index (κ1) is 23.6. The van der Waals surface area contributed by atoms with E-state index in [4.69, 9.17) is 21.1 Å². The fourth-order valence-corrected chi connectivity index (χ4v) is 3.81. The molecule has 0 fully saturated rings. The van der Waals surface area contributed by atoms with Crippen LogP contribution in [0.15, 0.2) is 54.6 Å². The number of aryl methyl sites for hydroxylation is 1. The van der Waals surface area contributed by atoms with E-state index in [2.05, 4.69) is 29.4 Å². The number of hydrogen-bond donors (Lipinski definition) is 1. The van der Waals surface area contributed by atoms with E-state index in [0.717, 1.165) is 12.0 Å². The zero-order valence-electron chi connectivity index (χ0n) is 19.6. The molecule has 1 aromatic heterocycles. The van der Waals surface area contributed by atoms with Crippen molar-refractivity contribution >= 4 is 34.2 Å². The summed E-state index contributed by atoms with van der Waals surface area (Å²) in [7, 11) is 1.56.